The van der Waals surface area contributed by atoms with Gasteiger partial charge in [-0.3, -0.25) is 19.9 Å². The van der Waals surface area contributed by atoms with Gasteiger partial charge in [-0.15, -0.1) is 0 Å². The zero-order valence-electron chi connectivity index (χ0n) is 14.9. The molecular weight excluding hydrogens is 358 g/mol. The molecule has 10 nitrogen and oxygen atoms in total. The molecule has 0 spiro atoms. The molecule has 0 bridgehead atoms. The van der Waals surface area contributed by atoms with Gasteiger partial charge in [-0.1, -0.05) is 23.4 Å². The monoisotopic (exact) mass is 375 g/mol. The van der Waals surface area contributed by atoms with E-state index in [4.69, 9.17) is 9.47 Å². The summed E-state index contributed by atoms with van der Waals surface area (Å²) in [5, 5.41) is 14.3. The highest BCUT2D eigenvalue weighted by Crippen LogP contribution is 2.43. The average Bonchev–Trinajstić information content (AvgIpc) is 2.66. The van der Waals surface area contributed by atoms with Gasteiger partial charge in [0.25, 0.3) is 5.69 Å². The van der Waals surface area contributed by atoms with Crippen LogP contribution < -0.4 is 0 Å². The van der Waals surface area contributed by atoms with Gasteiger partial charge in [-0.2, -0.15) is 4.91 Å². The predicted molar refractivity (Wildman–Crippen MR) is 94.2 cm³/mol. The van der Waals surface area contributed by atoms with Gasteiger partial charge in [0, 0.05) is 23.3 Å². The van der Waals surface area contributed by atoms with Crippen LogP contribution in [0.25, 0.3) is 0 Å². The van der Waals surface area contributed by atoms with E-state index >= 15 is 0 Å². The van der Waals surface area contributed by atoms with Crippen LogP contribution in [0.2, 0.25) is 0 Å². The van der Waals surface area contributed by atoms with Crippen molar-refractivity contribution in [2.45, 2.75) is 12.8 Å². The Morgan fingerprint density at radius 3 is 2.48 bits per heavy atom. The number of rotatable bonds is 6. The summed E-state index contributed by atoms with van der Waals surface area (Å²) in [6, 6.07) is 5.71. The molecule has 27 heavy (non-hydrogen) atoms. The fraction of sp³-hybridized carbons (Fsp3) is 0.353. The van der Waals surface area contributed by atoms with E-state index in [0.717, 1.165) is 14.2 Å². The molecule has 2 atom stereocenters. The number of aliphatic imine (C=N–C) groups is 1. The number of para-hydroxylation sites is 1. The van der Waals surface area contributed by atoms with E-state index in [2.05, 4.69) is 10.2 Å². The maximum Gasteiger partial charge on any atom is 0.336 e. The minimum absolute atomic E-state index is 0.00217. The third kappa shape index (κ3) is 3.73. The van der Waals surface area contributed by atoms with Crippen molar-refractivity contribution in [1.82, 2.24) is 0 Å². The first-order valence-corrected chi connectivity index (χ1v) is 7.84. The Balaban J connectivity index is 2.84. The smallest absolute Gasteiger partial charge is 0.336 e. The Labute approximate surface area is 154 Å². The molecule has 1 aromatic carbocycles. The topological polar surface area (TPSA) is 138 Å². The molecule has 2 rings (SSSR count). The molecule has 0 saturated heterocycles. The van der Waals surface area contributed by atoms with E-state index in [9.17, 15) is 24.6 Å². The van der Waals surface area contributed by atoms with Crippen molar-refractivity contribution in [3.8, 4) is 0 Å². The Morgan fingerprint density at radius 1 is 1.26 bits per heavy atom. The molecule has 1 aliphatic heterocycles. The van der Waals surface area contributed by atoms with Crippen molar-refractivity contribution in [2.75, 3.05) is 20.8 Å². The summed E-state index contributed by atoms with van der Waals surface area (Å²) in [4.78, 5) is 50.8. The summed E-state index contributed by atoms with van der Waals surface area (Å²) in [7, 11) is 2.28. The fourth-order valence-corrected chi connectivity index (χ4v) is 3.15. The number of carbonyl (C=O) groups is 2. The number of methoxy groups -OCH3 is 2. The highest BCUT2D eigenvalue weighted by atomic mass is 16.6. The van der Waals surface area contributed by atoms with Crippen molar-refractivity contribution in [3.05, 3.63) is 56.1 Å². The summed E-state index contributed by atoms with van der Waals surface area (Å²) < 4.78 is 9.60. The number of carbonyl (C=O) groups excluding carboxylic acids is 2. The number of esters is 2. The van der Waals surface area contributed by atoms with E-state index in [1.54, 1.807) is 6.07 Å². The second kappa shape index (κ2) is 8.30. The molecule has 1 aromatic rings. The van der Waals surface area contributed by atoms with E-state index in [0.29, 0.717) is 0 Å². The van der Waals surface area contributed by atoms with E-state index < -0.39 is 35.2 Å². The van der Waals surface area contributed by atoms with Crippen molar-refractivity contribution in [1.29, 1.82) is 0 Å². The molecule has 10 heteroatoms. The fourth-order valence-electron chi connectivity index (χ4n) is 3.15. The highest BCUT2D eigenvalue weighted by Gasteiger charge is 2.45. The molecule has 0 aromatic heterocycles. The molecule has 0 amide bonds. The van der Waals surface area contributed by atoms with Crippen molar-refractivity contribution >= 4 is 23.3 Å². The molecule has 0 fully saturated rings. The number of nitro benzene ring substituents is 1. The lowest BCUT2D eigenvalue weighted by Crippen LogP contribution is -2.36. The Hall–Kier alpha value is -3.43. The highest BCUT2D eigenvalue weighted by molar-refractivity contribution is 6.07. The van der Waals surface area contributed by atoms with Crippen molar-refractivity contribution in [3.63, 3.8) is 0 Å². The van der Waals surface area contributed by atoms with Crippen LogP contribution in [0, 0.1) is 20.9 Å². The quantitative estimate of drug-likeness (QED) is 0.321. The van der Waals surface area contributed by atoms with Gasteiger partial charge in [0.05, 0.1) is 30.4 Å². The van der Waals surface area contributed by atoms with Crippen LogP contribution in [0.3, 0.4) is 0 Å². The van der Waals surface area contributed by atoms with E-state index in [-0.39, 0.29) is 28.2 Å². The molecule has 1 aliphatic rings. The largest absolute Gasteiger partial charge is 0.468 e. The Kier molecular flexibility index (Phi) is 6.11. The van der Waals surface area contributed by atoms with Crippen LogP contribution in [0.4, 0.5) is 5.69 Å². The molecule has 1 heterocycles. The van der Waals surface area contributed by atoms with Crippen LogP contribution in [0.1, 0.15) is 18.4 Å². The van der Waals surface area contributed by atoms with Crippen LogP contribution in [0.15, 0.2) is 45.7 Å². The second-order valence-electron chi connectivity index (χ2n) is 5.69. The van der Waals surface area contributed by atoms with Crippen LogP contribution in [-0.4, -0.2) is 43.3 Å². The SMILES string of the molecule is COC(=O)C1=C(CN=O)N=C(C)C(C(=O)OC)C1c1ccccc1[N+](=O)[O-]. The molecule has 0 N–H and O–H groups in total. The average molecular weight is 375 g/mol. The maximum absolute atomic E-state index is 12.5. The third-order valence-electron chi connectivity index (χ3n) is 4.26. The Bertz CT molecular complexity index is 860. The van der Waals surface area contributed by atoms with Crippen LogP contribution in [0.5, 0.6) is 0 Å². The number of nitrogens with zero attached hydrogens (tertiary/aromatic N) is 3. The van der Waals surface area contributed by atoms with Crippen LogP contribution >= 0.6 is 0 Å². The predicted octanol–water partition coefficient (Wildman–Crippen LogP) is 2.14. The summed E-state index contributed by atoms with van der Waals surface area (Å²) in [6.07, 6.45) is 0. The van der Waals surface area contributed by atoms with E-state index in [1.807, 2.05) is 0 Å². The number of hydrogen-bond donors (Lipinski definition) is 0. The van der Waals surface area contributed by atoms with Gasteiger partial charge in [0.1, 0.15) is 12.5 Å². The summed E-state index contributed by atoms with van der Waals surface area (Å²) >= 11 is 0. The minimum Gasteiger partial charge on any atom is -0.468 e. The maximum atomic E-state index is 12.5. The zero-order chi connectivity index (χ0) is 20.1. The zero-order valence-corrected chi connectivity index (χ0v) is 14.9. The van der Waals surface area contributed by atoms with Gasteiger partial charge in [-0.25, -0.2) is 4.79 Å². The Morgan fingerprint density at radius 2 is 1.93 bits per heavy atom. The molecule has 2 unspecified atom stereocenters. The molecular formula is C17H17N3O7. The van der Waals surface area contributed by atoms with Gasteiger partial charge in [0.15, 0.2) is 0 Å². The molecule has 142 valence electrons. The molecule has 0 radical (unpaired) electrons. The number of benzene rings is 1. The third-order valence-corrected chi connectivity index (χ3v) is 4.26. The second-order valence-corrected chi connectivity index (χ2v) is 5.69. The number of hydrogen-bond acceptors (Lipinski definition) is 9. The first-order valence-electron chi connectivity index (χ1n) is 7.84. The number of nitro groups is 1. The van der Waals surface area contributed by atoms with Crippen molar-refractivity contribution < 1.29 is 24.0 Å². The lowest BCUT2D eigenvalue weighted by atomic mass is 9.75. The lowest BCUT2D eigenvalue weighted by Gasteiger charge is -2.31. The summed E-state index contributed by atoms with van der Waals surface area (Å²) in [5.41, 5.74) is -0.0665. The summed E-state index contributed by atoms with van der Waals surface area (Å²) in [5.74, 6) is -3.79. The van der Waals surface area contributed by atoms with Gasteiger partial charge < -0.3 is 9.47 Å². The number of nitroso groups, excluding NO2 is 1. The number of ether oxygens (including phenoxy) is 2. The molecule has 0 saturated carbocycles. The summed E-state index contributed by atoms with van der Waals surface area (Å²) in [6.45, 7) is 1.06. The van der Waals surface area contributed by atoms with Gasteiger partial charge in [0.2, 0.25) is 0 Å². The standard InChI is InChI=1S/C17H17N3O7/c1-9-13(16(21)26-2)14(10-6-4-5-7-12(10)20(24)25)15(17(22)27-3)11(19-9)8-18-23/h4-7,13-14H,8H2,1-3H3. The van der Waals surface area contributed by atoms with Gasteiger partial charge >= 0.3 is 11.9 Å². The first-order chi connectivity index (χ1) is 12.9. The lowest BCUT2D eigenvalue weighted by molar-refractivity contribution is -0.385. The van der Waals surface area contributed by atoms with E-state index in [1.165, 1.54) is 25.1 Å². The van der Waals surface area contributed by atoms with Crippen molar-refractivity contribution in [2.24, 2.45) is 16.1 Å². The van der Waals surface area contributed by atoms with Gasteiger partial charge in [-0.05, 0) is 6.92 Å². The normalized spacial score (nSPS) is 19.1. The van der Waals surface area contributed by atoms with Crippen LogP contribution in [-0.2, 0) is 19.1 Å². The molecule has 0 aliphatic carbocycles. The first kappa shape index (κ1) is 19.9. The minimum atomic E-state index is -1.11.